The number of carbonyl (C=O) groups is 1. The third-order valence-electron chi connectivity index (χ3n) is 2.02. The SMILES string of the molecule is BOC(=O)[C@H](Cc1ccccc1)N(O)O. The third kappa shape index (κ3) is 3.36. The Hall–Kier alpha value is -1.37. The van der Waals surface area contributed by atoms with Crippen molar-refractivity contribution in [1.29, 1.82) is 0 Å². The third-order valence-corrected chi connectivity index (χ3v) is 2.02. The molecule has 0 aliphatic rings. The summed E-state index contributed by atoms with van der Waals surface area (Å²) in [6.45, 7) is 0. The average Bonchev–Trinajstić information content (AvgIpc) is 2.26. The fourth-order valence-electron chi connectivity index (χ4n) is 1.23. The first-order chi connectivity index (χ1) is 7.15. The van der Waals surface area contributed by atoms with Gasteiger partial charge in [0.25, 0.3) is 0 Å². The van der Waals surface area contributed by atoms with Crippen LogP contribution in [0.3, 0.4) is 0 Å². The van der Waals surface area contributed by atoms with Crippen LogP contribution in [0.15, 0.2) is 30.3 Å². The fraction of sp³-hybridized carbons (Fsp3) is 0.222. The van der Waals surface area contributed by atoms with Crippen LogP contribution in [-0.2, 0) is 15.9 Å². The van der Waals surface area contributed by atoms with E-state index in [1.165, 1.54) is 8.05 Å². The number of hydrogen-bond acceptors (Lipinski definition) is 5. The highest BCUT2D eigenvalue weighted by Crippen LogP contribution is 2.07. The Morgan fingerprint density at radius 3 is 2.47 bits per heavy atom. The van der Waals surface area contributed by atoms with Gasteiger partial charge in [0, 0.05) is 6.42 Å². The zero-order valence-electron chi connectivity index (χ0n) is 8.33. The topological polar surface area (TPSA) is 70.0 Å². The Kier molecular flexibility index (Phi) is 4.29. The van der Waals surface area contributed by atoms with Gasteiger partial charge in [-0.15, -0.1) is 0 Å². The van der Waals surface area contributed by atoms with Crippen LogP contribution >= 0.6 is 0 Å². The Morgan fingerprint density at radius 1 is 1.40 bits per heavy atom. The van der Waals surface area contributed by atoms with Crippen LogP contribution in [0.2, 0.25) is 0 Å². The monoisotopic (exact) mass is 209 g/mol. The summed E-state index contributed by atoms with van der Waals surface area (Å²) in [7, 11) is 1.20. The van der Waals surface area contributed by atoms with E-state index in [0.29, 0.717) is 0 Å². The van der Waals surface area contributed by atoms with E-state index in [-0.39, 0.29) is 11.6 Å². The average molecular weight is 209 g/mol. The number of nitrogens with zero attached hydrogens (tertiary/aromatic N) is 1. The Morgan fingerprint density at radius 2 is 2.00 bits per heavy atom. The van der Waals surface area contributed by atoms with Crippen molar-refractivity contribution in [2.24, 2.45) is 0 Å². The lowest BCUT2D eigenvalue weighted by Crippen LogP contribution is -2.39. The molecule has 0 heterocycles. The largest absolute Gasteiger partial charge is 0.542 e. The minimum atomic E-state index is -1.10. The van der Waals surface area contributed by atoms with Gasteiger partial charge in [0.15, 0.2) is 6.04 Å². The van der Waals surface area contributed by atoms with E-state index in [1.54, 1.807) is 12.1 Å². The van der Waals surface area contributed by atoms with Crippen LogP contribution in [0.25, 0.3) is 0 Å². The second-order valence-corrected chi connectivity index (χ2v) is 3.05. The Bertz CT molecular complexity index is 317. The number of hydrogen-bond donors (Lipinski definition) is 2. The van der Waals surface area contributed by atoms with Crippen LogP contribution in [0.1, 0.15) is 5.56 Å². The van der Waals surface area contributed by atoms with E-state index < -0.39 is 12.0 Å². The van der Waals surface area contributed by atoms with Gasteiger partial charge in [0.1, 0.15) is 0 Å². The summed E-state index contributed by atoms with van der Waals surface area (Å²) in [5, 5.41) is 17.6. The van der Waals surface area contributed by atoms with Gasteiger partial charge < -0.3 is 4.65 Å². The maximum atomic E-state index is 11.2. The summed E-state index contributed by atoms with van der Waals surface area (Å²) in [4.78, 5) is 11.2. The number of carbonyl (C=O) groups excluding carboxylic acids is 1. The van der Waals surface area contributed by atoms with Crippen LogP contribution in [0.5, 0.6) is 0 Å². The zero-order chi connectivity index (χ0) is 11.3. The van der Waals surface area contributed by atoms with Crippen molar-refractivity contribution >= 4 is 14.0 Å². The first kappa shape index (κ1) is 11.7. The molecule has 1 rings (SSSR count). The lowest BCUT2D eigenvalue weighted by atomic mass is 10.1. The highest BCUT2D eigenvalue weighted by atomic mass is 16.8. The molecule has 0 aliphatic heterocycles. The van der Waals surface area contributed by atoms with Crippen molar-refractivity contribution in [3.8, 4) is 0 Å². The molecule has 0 aliphatic carbocycles. The summed E-state index contributed by atoms with van der Waals surface area (Å²) in [5.74, 6) is -0.691. The second kappa shape index (κ2) is 5.50. The number of hydroxylamine groups is 2. The Balaban J connectivity index is 2.72. The first-order valence-electron chi connectivity index (χ1n) is 4.44. The van der Waals surface area contributed by atoms with Gasteiger partial charge in [0.2, 0.25) is 0 Å². The van der Waals surface area contributed by atoms with Crippen molar-refractivity contribution in [3.05, 3.63) is 35.9 Å². The molecule has 0 saturated carbocycles. The summed E-state index contributed by atoms with van der Waals surface area (Å²) in [6.07, 6.45) is 0.181. The predicted octanol–water partition coefficient (Wildman–Crippen LogP) is -0.231. The molecule has 15 heavy (non-hydrogen) atoms. The normalized spacial score (nSPS) is 12.5. The van der Waals surface area contributed by atoms with E-state index in [2.05, 4.69) is 4.65 Å². The van der Waals surface area contributed by atoms with Gasteiger partial charge in [-0.1, -0.05) is 35.6 Å². The van der Waals surface area contributed by atoms with E-state index in [1.807, 2.05) is 18.2 Å². The van der Waals surface area contributed by atoms with Gasteiger partial charge in [-0.25, -0.2) is 0 Å². The van der Waals surface area contributed by atoms with Crippen LogP contribution in [0, 0.1) is 0 Å². The van der Waals surface area contributed by atoms with Crippen molar-refractivity contribution in [1.82, 2.24) is 5.23 Å². The molecule has 2 N–H and O–H groups in total. The van der Waals surface area contributed by atoms with Crippen molar-refractivity contribution in [2.45, 2.75) is 12.5 Å². The maximum absolute atomic E-state index is 11.2. The van der Waals surface area contributed by atoms with E-state index >= 15 is 0 Å². The Labute approximate surface area is 88.2 Å². The molecular weight excluding hydrogens is 197 g/mol. The van der Waals surface area contributed by atoms with Crippen molar-refractivity contribution < 1.29 is 19.9 Å². The molecule has 1 aromatic rings. The summed E-state index contributed by atoms with van der Waals surface area (Å²) < 4.78 is 4.45. The van der Waals surface area contributed by atoms with Gasteiger partial charge >= 0.3 is 14.0 Å². The molecule has 0 aromatic heterocycles. The molecule has 0 bridgehead atoms. The van der Waals surface area contributed by atoms with Crippen molar-refractivity contribution in [2.75, 3.05) is 0 Å². The van der Waals surface area contributed by atoms with Gasteiger partial charge in [-0.3, -0.25) is 15.2 Å². The second-order valence-electron chi connectivity index (χ2n) is 3.05. The minimum absolute atomic E-state index is 0.126. The molecule has 80 valence electrons. The van der Waals surface area contributed by atoms with Crippen LogP contribution in [0.4, 0.5) is 0 Å². The predicted molar refractivity (Wildman–Crippen MR) is 54.0 cm³/mol. The lowest BCUT2D eigenvalue weighted by Gasteiger charge is -2.18. The van der Waals surface area contributed by atoms with Gasteiger partial charge in [0.05, 0.1) is 0 Å². The fourth-order valence-corrected chi connectivity index (χ4v) is 1.23. The maximum Gasteiger partial charge on any atom is 0.326 e. The highest BCUT2D eigenvalue weighted by Gasteiger charge is 2.24. The highest BCUT2D eigenvalue weighted by molar-refractivity contribution is 6.06. The van der Waals surface area contributed by atoms with Gasteiger partial charge in [-0.05, 0) is 5.56 Å². The number of benzene rings is 1. The molecule has 0 amide bonds. The van der Waals surface area contributed by atoms with Crippen LogP contribution < -0.4 is 0 Å². The molecule has 6 heteroatoms. The van der Waals surface area contributed by atoms with Crippen LogP contribution in [-0.4, -0.2) is 35.7 Å². The molecule has 0 saturated heterocycles. The van der Waals surface area contributed by atoms with E-state index in [4.69, 9.17) is 10.4 Å². The molecule has 0 radical (unpaired) electrons. The minimum Gasteiger partial charge on any atom is -0.542 e. The van der Waals surface area contributed by atoms with Gasteiger partial charge in [-0.2, -0.15) is 0 Å². The molecule has 1 aromatic carbocycles. The molecule has 5 nitrogen and oxygen atoms in total. The summed E-state index contributed by atoms with van der Waals surface area (Å²) in [6, 6.07) is 7.94. The first-order valence-corrected chi connectivity index (χ1v) is 4.44. The molecule has 0 unspecified atom stereocenters. The standard InChI is InChI=1S/C9H12BNO4/c10-15-9(12)8(11(13)14)6-7-4-2-1-3-5-7/h1-5,8,13-14H,6,10H2/t8-/m0/s1. The molecule has 0 spiro atoms. The lowest BCUT2D eigenvalue weighted by molar-refractivity contribution is -0.326. The smallest absolute Gasteiger partial charge is 0.326 e. The van der Waals surface area contributed by atoms with E-state index in [0.717, 1.165) is 5.56 Å². The quantitative estimate of drug-likeness (QED) is 0.529. The van der Waals surface area contributed by atoms with E-state index in [9.17, 15) is 4.79 Å². The molecular formula is C9H12BNO4. The molecule has 1 atom stereocenters. The van der Waals surface area contributed by atoms with Crippen molar-refractivity contribution in [3.63, 3.8) is 0 Å². The summed E-state index contributed by atoms with van der Waals surface area (Å²) >= 11 is 0. The number of rotatable bonds is 4. The molecule has 0 fully saturated rings. The zero-order valence-corrected chi connectivity index (χ0v) is 8.33. The summed E-state index contributed by atoms with van der Waals surface area (Å²) in [5.41, 5.74) is 0.820.